The van der Waals surface area contributed by atoms with Crippen molar-refractivity contribution >= 4 is 15.9 Å². The first-order valence-corrected chi connectivity index (χ1v) is 7.98. The lowest BCUT2D eigenvalue weighted by Crippen LogP contribution is -2.24. The minimum Gasteiger partial charge on any atom is -0.328 e. The third-order valence-electron chi connectivity index (χ3n) is 3.94. The molecule has 5 heteroatoms. The minimum atomic E-state index is 0.344. The molecule has 1 aromatic heterocycles. The highest BCUT2D eigenvalue weighted by atomic mass is 79.9. The van der Waals surface area contributed by atoms with Crippen LogP contribution in [0, 0.1) is 0 Å². The van der Waals surface area contributed by atoms with Crippen LogP contribution in [0.2, 0.25) is 0 Å². The van der Waals surface area contributed by atoms with E-state index in [4.69, 9.17) is 5.73 Å². The zero-order valence-corrected chi connectivity index (χ0v) is 13.6. The largest absolute Gasteiger partial charge is 0.328 e. The van der Waals surface area contributed by atoms with Gasteiger partial charge in [0.2, 0.25) is 0 Å². The third kappa shape index (κ3) is 4.04. The SMILES string of the molecule is CN(C)CCn1ncc(Br)c1C1CCCCC(N)C1. The molecule has 2 N–H and O–H groups in total. The molecule has 19 heavy (non-hydrogen) atoms. The summed E-state index contributed by atoms with van der Waals surface area (Å²) < 4.78 is 3.30. The van der Waals surface area contributed by atoms with E-state index in [9.17, 15) is 0 Å². The van der Waals surface area contributed by atoms with E-state index >= 15 is 0 Å². The molecular weight excluding hydrogens is 304 g/mol. The van der Waals surface area contributed by atoms with Crippen LogP contribution in [0.5, 0.6) is 0 Å². The van der Waals surface area contributed by atoms with Gasteiger partial charge in [0.1, 0.15) is 0 Å². The molecule has 0 bridgehead atoms. The fourth-order valence-corrected chi connectivity index (χ4v) is 3.52. The number of nitrogens with zero attached hydrogens (tertiary/aromatic N) is 3. The Morgan fingerprint density at radius 2 is 2.16 bits per heavy atom. The number of hydrogen-bond acceptors (Lipinski definition) is 3. The summed E-state index contributed by atoms with van der Waals surface area (Å²) in [6.45, 7) is 1.96. The van der Waals surface area contributed by atoms with Gasteiger partial charge in [-0.3, -0.25) is 4.68 Å². The van der Waals surface area contributed by atoms with Crippen LogP contribution in [-0.2, 0) is 6.54 Å². The second-order valence-corrected chi connectivity index (χ2v) is 6.74. The summed E-state index contributed by atoms with van der Waals surface area (Å²) in [6.07, 6.45) is 7.97. The van der Waals surface area contributed by atoms with Crippen LogP contribution in [0.15, 0.2) is 10.7 Å². The average Bonchev–Trinajstić information content (AvgIpc) is 2.58. The predicted molar refractivity (Wildman–Crippen MR) is 82.3 cm³/mol. The van der Waals surface area contributed by atoms with Crippen LogP contribution in [-0.4, -0.2) is 41.4 Å². The van der Waals surface area contributed by atoms with E-state index in [1.165, 1.54) is 31.4 Å². The molecule has 0 saturated heterocycles. The number of nitrogens with two attached hydrogens (primary N) is 1. The smallest absolute Gasteiger partial charge is 0.0635 e. The molecule has 1 aliphatic carbocycles. The summed E-state index contributed by atoms with van der Waals surface area (Å²) in [5.74, 6) is 0.552. The molecule has 1 aromatic rings. The van der Waals surface area contributed by atoms with Crippen molar-refractivity contribution < 1.29 is 0 Å². The van der Waals surface area contributed by atoms with Gasteiger partial charge in [-0.25, -0.2) is 0 Å². The Labute approximate surface area is 124 Å². The third-order valence-corrected chi connectivity index (χ3v) is 4.55. The lowest BCUT2D eigenvalue weighted by Gasteiger charge is -2.20. The highest BCUT2D eigenvalue weighted by molar-refractivity contribution is 9.10. The molecule has 0 spiro atoms. The van der Waals surface area contributed by atoms with Crippen molar-refractivity contribution in [2.75, 3.05) is 20.6 Å². The molecule has 1 heterocycles. The van der Waals surface area contributed by atoms with Crippen LogP contribution in [0.1, 0.15) is 43.7 Å². The molecule has 0 radical (unpaired) electrons. The van der Waals surface area contributed by atoms with Crippen molar-refractivity contribution in [1.29, 1.82) is 0 Å². The van der Waals surface area contributed by atoms with Crippen LogP contribution in [0.3, 0.4) is 0 Å². The lowest BCUT2D eigenvalue weighted by atomic mass is 9.95. The van der Waals surface area contributed by atoms with Gasteiger partial charge in [-0.05, 0) is 49.3 Å². The Balaban J connectivity index is 2.14. The van der Waals surface area contributed by atoms with Crippen LogP contribution in [0.25, 0.3) is 0 Å². The normalized spacial score (nSPS) is 24.7. The molecule has 2 rings (SSSR count). The maximum absolute atomic E-state index is 6.20. The van der Waals surface area contributed by atoms with E-state index in [0.29, 0.717) is 12.0 Å². The van der Waals surface area contributed by atoms with Crippen LogP contribution >= 0.6 is 15.9 Å². The molecule has 108 valence electrons. The van der Waals surface area contributed by atoms with E-state index in [-0.39, 0.29) is 0 Å². The minimum absolute atomic E-state index is 0.344. The molecule has 0 amide bonds. The summed E-state index contributed by atoms with van der Waals surface area (Å²) in [6, 6.07) is 0.344. The first-order valence-electron chi connectivity index (χ1n) is 7.19. The van der Waals surface area contributed by atoms with E-state index in [1.807, 2.05) is 6.20 Å². The quantitative estimate of drug-likeness (QED) is 0.864. The monoisotopic (exact) mass is 328 g/mol. The molecular formula is C14H25BrN4. The Hall–Kier alpha value is -0.390. The van der Waals surface area contributed by atoms with Crippen molar-refractivity contribution in [2.24, 2.45) is 5.73 Å². The molecule has 0 aliphatic heterocycles. The average molecular weight is 329 g/mol. The second-order valence-electron chi connectivity index (χ2n) is 5.88. The Kier molecular flexibility index (Phi) is 5.42. The molecule has 1 aliphatic rings. The highest BCUT2D eigenvalue weighted by Gasteiger charge is 2.24. The summed E-state index contributed by atoms with van der Waals surface area (Å²) >= 11 is 3.67. The topological polar surface area (TPSA) is 47.1 Å². The number of aromatic nitrogens is 2. The number of likely N-dealkylation sites (N-methyl/N-ethyl adjacent to an activating group) is 1. The maximum atomic E-state index is 6.20. The zero-order valence-electron chi connectivity index (χ0n) is 12.0. The second kappa shape index (κ2) is 6.86. The molecule has 2 atom stereocenters. The maximum Gasteiger partial charge on any atom is 0.0635 e. The Morgan fingerprint density at radius 1 is 1.42 bits per heavy atom. The molecule has 1 saturated carbocycles. The summed E-state index contributed by atoms with van der Waals surface area (Å²) in [5.41, 5.74) is 7.55. The standard InChI is InChI=1S/C14H25BrN4/c1-18(2)7-8-19-14(13(15)10-17-19)11-5-3-4-6-12(16)9-11/h10-12H,3-9,16H2,1-2H3. The molecule has 4 nitrogen and oxygen atoms in total. The van der Waals surface area contributed by atoms with Gasteiger partial charge in [-0.15, -0.1) is 0 Å². The summed E-state index contributed by atoms with van der Waals surface area (Å²) in [5, 5.41) is 4.52. The van der Waals surface area contributed by atoms with Gasteiger partial charge in [0.05, 0.1) is 22.9 Å². The fraction of sp³-hybridized carbons (Fsp3) is 0.786. The van der Waals surface area contributed by atoms with E-state index < -0.39 is 0 Å². The molecule has 2 unspecified atom stereocenters. The van der Waals surface area contributed by atoms with Crippen molar-refractivity contribution in [3.8, 4) is 0 Å². The van der Waals surface area contributed by atoms with Gasteiger partial charge < -0.3 is 10.6 Å². The Morgan fingerprint density at radius 3 is 2.89 bits per heavy atom. The highest BCUT2D eigenvalue weighted by Crippen LogP contribution is 2.35. The number of hydrogen-bond donors (Lipinski definition) is 1. The van der Waals surface area contributed by atoms with E-state index in [1.54, 1.807) is 0 Å². The number of rotatable bonds is 4. The van der Waals surface area contributed by atoms with Gasteiger partial charge >= 0.3 is 0 Å². The summed E-state index contributed by atoms with van der Waals surface area (Å²) in [7, 11) is 4.19. The zero-order chi connectivity index (χ0) is 13.8. The van der Waals surface area contributed by atoms with E-state index in [2.05, 4.69) is 44.7 Å². The van der Waals surface area contributed by atoms with Gasteiger partial charge in [0.25, 0.3) is 0 Å². The summed E-state index contributed by atoms with van der Waals surface area (Å²) in [4.78, 5) is 2.19. The fourth-order valence-electron chi connectivity index (χ4n) is 2.90. The molecule has 0 aromatic carbocycles. The van der Waals surface area contributed by atoms with Crippen molar-refractivity contribution in [3.05, 3.63) is 16.4 Å². The van der Waals surface area contributed by atoms with Crippen molar-refractivity contribution in [3.63, 3.8) is 0 Å². The van der Waals surface area contributed by atoms with Crippen LogP contribution in [0.4, 0.5) is 0 Å². The van der Waals surface area contributed by atoms with Crippen LogP contribution < -0.4 is 5.73 Å². The van der Waals surface area contributed by atoms with Gasteiger partial charge in [0, 0.05) is 18.5 Å². The first-order chi connectivity index (χ1) is 9.08. The van der Waals surface area contributed by atoms with Gasteiger partial charge in [-0.1, -0.05) is 12.8 Å². The first kappa shape index (κ1) is 15.0. The van der Waals surface area contributed by atoms with Gasteiger partial charge in [-0.2, -0.15) is 5.10 Å². The predicted octanol–water partition coefficient (Wildman–Crippen LogP) is 2.58. The van der Waals surface area contributed by atoms with Crippen molar-refractivity contribution in [2.45, 2.75) is 50.6 Å². The van der Waals surface area contributed by atoms with Gasteiger partial charge in [0.15, 0.2) is 0 Å². The number of halogens is 1. The lowest BCUT2D eigenvalue weighted by molar-refractivity contribution is 0.363. The van der Waals surface area contributed by atoms with Crippen molar-refractivity contribution in [1.82, 2.24) is 14.7 Å². The Bertz CT molecular complexity index is 402. The molecule has 1 fully saturated rings. The van der Waals surface area contributed by atoms with E-state index in [0.717, 1.165) is 24.0 Å².